The summed E-state index contributed by atoms with van der Waals surface area (Å²) in [5, 5.41) is 10.5. The first kappa shape index (κ1) is 20.6. The maximum Gasteiger partial charge on any atom is 0.311 e. The van der Waals surface area contributed by atoms with Gasteiger partial charge in [-0.2, -0.15) is 0 Å². The van der Waals surface area contributed by atoms with E-state index in [1.807, 2.05) is 45.0 Å². The quantitative estimate of drug-likeness (QED) is 0.494. The van der Waals surface area contributed by atoms with Crippen LogP contribution >= 0.6 is 0 Å². The summed E-state index contributed by atoms with van der Waals surface area (Å²) in [6.07, 6.45) is 4.34. The van der Waals surface area contributed by atoms with Crippen LogP contribution < -0.4 is 0 Å². The average molecular weight is 382 g/mol. The Morgan fingerprint density at radius 1 is 1.36 bits per heavy atom. The molecule has 0 aromatic heterocycles. The molecule has 0 amide bonds. The number of carbonyl (C=O) groups is 1. The van der Waals surface area contributed by atoms with Crippen LogP contribution in [0.5, 0.6) is 0 Å². The number of allylic oxidation sites excluding steroid dienone is 1. The largest absolute Gasteiger partial charge is 0.460 e. The number of carbonyl (C=O) groups excluding carboxylic acids is 1. The number of hydrogen-bond donors (Lipinski definition) is 1. The van der Waals surface area contributed by atoms with Gasteiger partial charge in [0.25, 0.3) is 0 Å². The van der Waals surface area contributed by atoms with Crippen LogP contribution in [0, 0.1) is 23.2 Å². The van der Waals surface area contributed by atoms with Gasteiger partial charge in [0, 0.05) is 5.56 Å². The van der Waals surface area contributed by atoms with Gasteiger partial charge in [-0.3, -0.25) is 9.69 Å². The second-order valence-corrected chi connectivity index (χ2v) is 8.89. The van der Waals surface area contributed by atoms with Crippen LogP contribution in [-0.4, -0.2) is 41.2 Å². The maximum absolute atomic E-state index is 12.0. The highest BCUT2D eigenvalue weighted by Gasteiger charge is 2.40. The Morgan fingerprint density at radius 2 is 2.07 bits per heavy atom. The van der Waals surface area contributed by atoms with Gasteiger partial charge >= 0.3 is 5.97 Å². The Morgan fingerprint density at radius 3 is 2.68 bits per heavy atom. The fraction of sp³-hybridized carbons (Fsp3) is 0.542. The number of hydrogen-bond acceptors (Lipinski definition) is 4. The molecule has 0 spiro atoms. The predicted molar refractivity (Wildman–Crippen MR) is 111 cm³/mol. The first-order chi connectivity index (χ1) is 13.3. The summed E-state index contributed by atoms with van der Waals surface area (Å²) in [6.45, 7) is 11.7. The third kappa shape index (κ3) is 4.66. The third-order valence-corrected chi connectivity index (χ3v) is 5.65. The minimum absolute atomic E-state index is 0.0727. The summed E-state index contributed by atoms with van der Waals surface area (Å²) < 4.78 is 5.43. The highest BCUT2D eigenvalue weighted by Crippen LogP contribution is 2.32. The number of aliphatic hydroxyl groups is 1. The summed E-state index contributed by atoms with van der Waals surface area (Å²) in [6, 6.07) is 5.90. The fourth-order valence-corrected chi connectivity index (χ4v) is 3.89. The van der Waals surface area contributed by atoms with Gasteiger partial charge in [0.1, 0.15) is 6.61 Å². The topological polar surface area (TPSA) is 49.8 Å². The van der Waals surface area contributed by atoms with Gasteiger partial charge in [0.15, 0.2) is 0 Å². The van der Waals surface area contributed by atoms with Gasteiger partial charge in [-0.25, -0.2) is 0 Å². The molecule has 1 aromatic carbocycles. The van der Waals surface area contributed by atoms with E-state index in [0.717, 1.165) is 42.6 Å². The molecule has 1 aromatic rings. The van der Waals surface area contributed by atoms with Crippen molar-refractivity contribution < 1.29 is 14.6 Å². The average Bonchev–Trinajstić information content (AvgIpc) is 2.67. The summed E-state index contributed by atoms with van der Waals surface area (Å²) in [4.78, 5) is 14.3. The first-order valence-electron chi connectivity index (χ1n) is 10.1. The Hall–Kier alpha value is -2.09. The van der Waals surface area contributed by atoms with Crippen LogP contribution in [0.3, 0.4) is 0 Å². The molecule has 4 rings (SSSR count). The molecular weight excluding hydrogens is 350 g/mol. The Bertz CT molecular complexity index is 786. The zero-order valence-electron chi connectivity index (χ0n) is 17.2. The van der Waals surface area contributed by atoms with E-state index in [4.69, 9.17) is 4.74 Å². The van der Waals surface area contributed by atoms with Crippen LogP contribution in [0.25, 0.3) is 0 Å². The molecule has 3 fully saturated rings. The number of rotatable bonds is 4. The molecular formula is C24H31NO3. The van der Waals surface area contributed by atoms with E-state index in [1.54, 1.807) is 0 Å². The molecule has 2 unspecified atom stereocenters. The molecule has 0 saturated carbocycles. The van der Waals surface area contributed by atoms with Gasteiger partial charge in [-0.05, 0) is 76.2 Å². The van der Waals surface area contributed by atoms with Crippen molar-refractivity contribution in [2.75, 3.05) is 13.1 Å². The van der Waals surface area contributed by atoms with Crippen molar-refractivity contribution in [2.24, 2.45) is 11.3 Å². The molecule has 150 valence electrons. The number of fused-ring (bicyclic) bond motifs is 3. The molecule has 28 heavy (non-hydrogen) atoms. The smallest absolute Gasteiger partial charge is 0.311 e. The first-order valence-corrected chi connectivity index (χ1v) is 10.1. The minimum Gasteiger partial charge on any atom is -0.460 e. The summed E-state index contributed by atoms with van der Waals surface area (Å²) in [5.41, 5.74) is 2.45. The van der Waals surface area contributed by atoms with Crippen molar-refractivity contribution in [3.05, 3.63) is 47.5 Å². The lowest BCUT2D eigenvalue weighted by molar-refractivity contribution is -0.154. The van der Waals surface area contributed by atoms with Crippen molar-refractivity contribution in [3.63, 3.8) is 0 Å². The zero-order valence-corrected chi connectivity index (χ0v) is 17.2. The van der Waals surface area contributed by atoms with Crippen molar-refractivity contribution >= 4 is 5.97 Å². The Kier molecular flexibility index (Phi) is 6.27. The van der Waals surface area contributed by atoms with Gasteiger partial charge in [0.05, 0.1) is 17.6 Å². The van der Waals surface area contributed by atoms with Crippen LogP contribution in [0.15, 0.2) is 30.9 Å². The van der Waals surface area contributed by atoms with Crippen LogP contribution in [0.2, 0.25) is 0 Å². The van der Waals surface area contributed by atoms with Crippen LogP contribution in [-0.2, 0) is 22.6 Å². The molecule has 3 saturated heterocycles. The van der Waals surface area contributed by atoms with E-state index in [1.165, 1.54) is 0 Å². The van der Waals surface area contributed by atoms with E-state index in [9.17, 15) is 9.90 Å². The molecule has 4 nitrogen and oxygen atoms in total. The minimum atomic E-state index is -0.509. The zero-order chi connectivity index (χ0) is 20.3. The van der Waals surface area contributed by atoms with Crippen molar-refractivity contribution in [3.8, 4) is 11.8 Å². The van der Waals surface area contributed by atoms with Crippen LogP contribution in [0.4, 0.5) is 0 Å². The fourth-order valence-electron chi connectivity index (χ4n) is 3.89. The summed E-state index contributed by atoms with van der Waals surface area (Å²) in [5.74, 6) is 6.78. The number of esters is 1. The summed E-state index contributed by atoms with van der Waals surface area (Å²) in [7, 11) is 0. The lowest BCUT2D eigenvalue weighted by atomic mass is 9.81. The van der Waals surface area contributed by atoms with E-state index >= 15 is 0 Å². The van der Waals surface area contributed by atoms with Crippen molar-refractivity contribution in [1.82, 2.24) is 4.90 Å². The van der Waals surface area contributed by atoms with Crippen molar-refractivity contribution in [2.45, 2.75) is 58.8 Å². The molecule has 1 N–H and O–H groups in total. The predicted octanol–water partition coefficient (Wildman–Crippen LogP) is 3.31. The Balaban J connectivity index is 1.75. The van der Waals surface area contributed by atoms with Gasteiger partial charge in [-0.1, -0.05) is 30.0 Å². The van der Waals surface area contributed by atoms with E-state index in [2.05, 4.69) is 23.3 Å². The van der Waals surface area contributed by atoms with Gasteiger partial charge in [0.2, 0.25) is 0 Å². The number of aliphatic hydroxyl groups excluding tert-OH is 1. The molecule has 2 atom stereocenters. The maximum atomic E-state index is 12.0. The second kappa shape index (κ2) is 8.51. The van der Waals surface area contributed by atoms with Gasteiger partial charge < -0.3 is 9.84 Å². The molecule has 3 aliphatic heterocycles. The van der Waals surface area contributed by atoms with Crippen LogP contribution in [0.1, 0.15) is 50.3 Å². The van der Waals surface area contributed by atoms with E-state index in [-0.39, 0.29) is 24.7 Å². The monoisotopic (exact) mass is 381 g/mol. The molecule has 2 bridgehead atoms. The molecule has 4 heteroatoms. The molecule has 3 aliphatic rings. The standard InChI is InChI=1S/C24H31NO3/c1-5-6-20-15-17(16-28-23(27)24(2,3)4)7-8-18(20)9-10-21-22(26)19-11-13-25(21)14-12-19/h5,7-8,15,19,21-22,26H,1,6,11-14,16H2,2-4H3. The number of piperidine rings is 3. The van der Waals surface area contributed by atoms with E-state index < -0.39 is 5.41 Å². The number of benzene rings is 1. The molecule has 0 aliphatic carbocycles. The highest BCUT2D eigenvalue weighted by molar-refractivity contribution is 5.75. The second-order valence-electron chi connectivity index (χ2n) is 8.89. The lowest BCUT2D eigenvalue weighted by Crippen LogP contribution is -2.57. The lowest BCUT2D eigenvalue weighted by Gasteiger charge is -2.46. The third-order valence-electron chi connectivity index (χ3n) is 5.65. The van der Waals surface area contributed by atoms with Crippen molar-refractivity contribution in [1.29, 1.82) is 0 Å². The summed E-state index contributed by atoms with van der Waals surface area (Å²) >= 11 is 0. The molecule has 3 heterocycles. The number of nitrogens with zero attached hydrogens (tertiary/aromatic N) is 1. The normalized spacial score (nSPS) is 26.3. The Labute approximate surface area is 168 Å². The molecule has 0 radical (unpaired) electrons. The SMILES string of the molecule is C=CCc1cc(COC(=O)C(C)(C)C)ccc1C#CC1C(O)C2CCN1CC2. The van der Waals surface area contributed by atoms with Gasteiger partial charge in [-0.15, -0.1) is 6.58 Å². The van der Waals surface area contributed by atoms with E-state index in [0.29, 0.717) is 12.3 Å². The number of ether oxygens (including phenoxy) is 1. The highest BCUT2D eigenvalue weighted by atomic mass is 16.5.